The molecule has 5 atom stereocenters. The molecule has 1 amide bonds. The molecule has 1 spiro atoms. The van der Waals surface area contributed by atoms with Crippen LogP contribution in [0, 0.1) is 0 Å². The number of methoxy groups -OCH3 is 1. The van der Waals surface area contributed by atoms with Crippen LogP contribution < -0.4 is 5.32 Å². The van der Waals surface area contributed by atoms with Gasteiger partial charge in [0.1, 0.15) is 18.0 Å². The standard InChI is InChI=1S/C22H25NO8/c1-4-5-11-14(24)15(25)16-12(2)17(26)21(31-16)19(28)22(30-3,23-20(21)29)18(27)13-9-7-6-8-10-13/h5-11,14-15,19,24-25,28H,4H2,1-3H3,(H,23,29)/b11-5-/t14?,15-,19?,21?,22?/m0/s1. The van der Waals surface area contributed by atoms with E-state index in [2.05, 4.69) is 5.32 Å². The molecule has 1 aromatic carbocycles. The fraction of sp³-hybridized carbons (Fsp3) is 0.409. The van der Waals surface area contributed by atoms with E-state index in [9.17, 15) is 29.7 Å². The zero-order chi connectivity index (χ0) is 23.0. The van der Waals surface area contributed by atoms with E-state index < -0.39 is 47.1 Å². The van der Waals surface area contributed by atoms with Crippen LogP contribution in [0.5, 0.6) is 0 Å². The average Bonchev–Trinajstić information content (AvgIpc) is 3.18. The lowest BCUT2D eigenvalue weighted by Gasteiger charge is -2.32. The van der Waals surface area contributed by atoms with Crippen molar-refractivity contribution in [1.82, 2.24) is 5.32 Å². The summed E-state index contributed by atoms with van der Waals surface area (Å²) in [6.45, 7) is 3.13. The molecule has 0 radical (unpaired) electrons. The molecule has 0 bridgehead atoms. The second-order valence-electron chi connectivity index (χ2n) is 7.42. The smallest absolute Gasteiger partial charge is 0.278 e. The highest BCUT2D eigenvalue weighted by Gasteiger charge is 2.74. The van der Waals surface area contributed by atoms with Crippen LogP contribution in [0.2, 0.25) is 0 Å². The number of carbonyl (C=O) groups is 3. The zero-order valence-corrected chi connectivity index (χ0v) is 17.4. The molecular weight excluding hydrogens is 406 g/mol. The van der Waals surface area contributed by atoms with Crippen LogP contribution in [0.1, 0.15) is 30.6 Å². The third kappa shape index (κ3) is 3.30. The van der Waals surface area contributed by atoms with Crippen LogP contribution in [-0.4, -0.2) is 69.5 Å². The van der Waals surface area contributed by atoms with Gasteiger partial charge in [0, 0.05) is 18.2 Å². The normalized spacial score (nSPS) is 30.1. The Hall–Kier alpha value is -2.85. The van der Waals surface area contributed by atoms with Gasteiger partial charge in [-0.2, -0.15) is 0 Å². The number of allylic oxidation sites excluding steroid dienone is 1. The maximum absolute atomic E-state index is 13.1. The number of ether oxygens (including phenoxy) is 2. The third-order valence-corrected chi connectivity index (χ3v) is 5.58. The first kappa shape index (κ1) is 22.8. The van der Waals surface area contributed by atoms with Gasteiger partial charge < -0.3 is 30.1 Å². The number of aliphatic hydroxyl groups excluding tert-OH is 3. The number of benzene rings is 1. The van der Waals surface area contributed by atoms with E-state index in [0.717, 1.165) is 7.11 Å². The summed E-state index contributed by atoms with van der Waals surface area (Å²) in [7, 11) is 1.11. The minimum absolute atomic E-state index is 0.135. The van der Waals surface area contributed by atoms with Crippen LogP contribution in [0.15, 0.2) is 53.8 Å². The molecule has 9 nitrogen and oxygen atoms in total. The summed E-state index contributed by atoms with van der Waals surface area (Å²) in [4.78, 5) is 39.2. The molecule has 2 aliphatic heterocycles. The maximum atomic E-state index is 13.1. The molecular formula is C22H25NO8. The van der Waals surface area contributed by atoms with E-state index in [1.807, 2.05) is 6.92 Å². The summed E-state index contributed by atoms with van der Waals surface area (Å²) >= 11 is 0. The van der Waals surface area contributed by atoms with Gasteiger partial charge in [0.2, 0.25) is 17.3 Å². The zero-order valence-electron chi connectivity index (χ0n) is 17.4. The molecule has 0 aliphatic carbocycles. The van der Waals surface area contributed by atoms with Crippen LogP contribution in [0.25, 0.3) is 0 Å². The van der Waals surface area contributed by atoms with Gasteiger partial charge in [-0.15, -0.1) is 0 Å². The summed E-state index contributed by atoms with van der Waals surface area (Å²) < 4.78 is 10.8. The van der Waals surface area contributed by atoms with Gasteiger partial charge in [-0.05, 0) is 13.3 Å². The number of aliphatic hydroxyl groups is 3. The van der Waals surface area contributed by atoms with Crippen LogP contribution >= 0.6 is 0 Å². The van der Waals surface area contributed by atoms with Crippen molar-refractivity contribution >= 4 is 17.5 Å². The molecule has 0 saturated carbocycles. The van der Waals surface area contributed by atoms with E-state index in [4.69, 9.17) is 9.47 Å². The van der Waals surface area contributed by atoms with Crippen molar-refractivity contribution in [1.29, 1.82) is 0 Å². The van der Waals surface area contributed by atoms with Gasteiger partial charge in [0.15, 0.2) is 6.10 Å². The Morgan fingerprint density at radius 3 is 2.52 bits per heavy atom. The number of amides is 1. The largest absolute Gasteiger partial charge is 0.467 e. The molecule has 2 aliphatic rings. The van der Waals surface area contributed by atoms with Crippen molar-refractivity contribution < 1.29 is 39.2 Å². The highest BCUT2D eigenvalue weighted by atomic mass is 16.6. The Balaban J connectivity index is 1.99. The number of rotatable bonds is 7. The Morgan fingerprint density at radius 2 is 1.94 bits per heavy atom. The lowest BCUT2D eigenvalue weighted by molar-refractivity contribution is -0.163. The predicted molar refractivity (Wildman–Crippen MR) is 108 cm³/mol. The van der Waals surface area contributed by atoms with Crippen molar-refractivity contribution in [3.05, 3.63) is 59.4 Å². The molecule has 2 heterocycles. The number of nitrogens with one attached hydrogen (secondary N) is 1. The Bertz CT molecular complexity index is 956. The number of Topliss-reactive ketones (excluding diaryl/α,β-unsaturated/α-hetero) is 2. The number of hydrogen-bond acceptors (Lipinski definition) is 8. The first-order valence-electron chi connectivity index (χ1n) is 9.80. The first-order chi connectivity index (χ1) is 14.7. The lowest BCUT2D eigenvalue weighted by atomic mass is 9.85. The molecule has 1 aromatic rings. The van der Waals surface area contributed by atoms with E-state index in [1.54, 1.807) is 24.3 Å². The molecule has 4 N–H and O–H groups in total. The highest BCUT2D eigenvalue weighted by Crippen LogP contribution is 2.44. The third-order valence-electron chi connectivity index (χ3n) is 5.58. The lowest BCUT2D eigenvalue weighted by Crippen LogP contribution is -2.60. The van der Waals surface area contributed by atoms with Gasteiger partial charge in [0.05, 0.1) is 0 Å². The van der Waals surface area contributed by atoms with E-state index in [-0.39, 0.29) is 16.9 Å². The molecule has 4 unspecified atom stereocenters. The molecule has 1 saturated heterocycles. The fourth-order valence-corrected chi connectivity index (χ4v) is 3.81. The molecule has 31 heavy (non-hydrogen) atoms. The van der Waals surface area contributed by atoms with Crippen LogP contribution in [0.4, 0.5) is 0 Å². The predicted octanol–water partition coefficient (Wildman–Crippen LogP) is 0.00280. The number of carbonyl (C=O) groups excluding carboxylic acids is 3. The molecule has 0 aromatic heterocycles. The second kappa shape index (κ2) is 8.35. The Kier molecular flexibility index (Phi) is 6.15. The maximum Gasteiger partial charge on any atom is 0.278 e. The summed E-state index contributed by atoms with van der Waals surface area (Å²) in [6, 6.07) is 7.82. The van der Waals surface area contributed by atoms with E-state index >= 15 is 0 Å². The van der Waals surface area contributed by atoms with Crippen molar-refractivity contribution in [2.45, 2.75) is 49.9 Å². The minimum atomic E-state index is -2.53. The SMILES string of the molecule is CC/C=C\C(O)[C@H](O)C1=C(C)C(=O)C2(O1)C(=O)NC(OC)(C(=O)c1ccccc1)C2O. The van der Waals surface area contributed by atoms with Crippen molar-refractivity contribution in [3.63, 3.8) is 0 Å². The summed E-state index contributed by atoms with van der Waals surface area (Å²) in [5, 5.41) is 34.0. The minimum Gasteiger partial charge on any atom is -0.467 e. The van der Waals surface area contributed by atoms with Crippen molar-refractivity contribution in [2.75, 3.05) is 7.11 Å². The number of hydrogen-bond donors (Lipinski definition) is 4. The summed E-state index contributed by atoms with van der Waals surface area (Å²) in [6.07, 6.45) is -1.60. The highest BCUT2D eigenvalue weighted by molar-refractivity contribution is 6.23. The summed E-state index contributed by atoms with van der Waals surface area (Å²) in [5.74, 6) is -3.15. The molecule has 1 fully saturated rings. The van der Waals surface area contributed by atoms with Gasteiger partial charge in [-0.1, -0.05) is 49.4 Å². The molecule has 3 rings (SSSR count). The van der Waals surface area contributed by atoms with Crippen LogP contribution in [0.3, 0.4) is 0 Å². The Labute approximate surface area is 179 Å². The molecule has 9 heteroatoms. The summed E-state index contributed by atoms with van der Waals surface area (Å²) in [5.41, 5.74) is -4.83. The topological polar surface area (TPSA) is 142 Å². The van der Waals surface area contributed by atoms with Crippen molar-refractivity contribution in [3.8, 4) is 0 Å². The average molecular weight is 431 g/mol. The van der Waals surface area contributed by atoms with Gasteiger partial charge in [-0.25, -0.2) is 0 Å². The number of ketones is 2. The Morgan fingerprint density at radius 1 is 1.29 bits per heavy atom. The fourth-order valence-electron chi connectivity index (χ4n) is 3.81. The quantitative estimate of drug-likeness (QED) is 0.269. The van der Waals surface area contributed by atoms with E-state index in [0.29, 0.717) is 6.42 Å². The monoisotopic (exact) mass is 431 g/mol. The first-order valence-corrected chi connectivity index (χ1v) is 9.80. The van der Waals surface area contributed by atoms with E-state index in [1.165, 1.54) is 25.1 Å². The molecule has 166 valence electrons. The van der Waals surface area contributed by atoms with Gasteiger partial charge >= 0.3 is 0 Å². The van der Waals surface area contributed by atoms with Gasteiger partial charge in [0.25, 0.3) is 11.5 Å². The van der Waals surface area contributed by atoms with Gasteiger partial charge in [-0.3, -0.25) is 14.4 Å². The van der Waals surface area contributed by atoms with Crippen LogP contribution in [-0.2, 0) is 19.1 Å². The second-order valence-corrected chi connectivity index (χ2v) is 7.42. The van der Waals surface area contributed by atoms with Crippen molar-refractivity contribution in [2.24, 2.45) is 0 Å².